The van der Waals surface area contributed by atoms with E-state index in [1.54, 1.807) is 11.6 Å². The number of nitrogens with one attached hydrogen (secondary N) is 1. The molecule has 102 valence electrons. The molecule has 2 aromatic rings. The van der Waals surface area contributed by atoms with E-state index in [4.69, 9.17) is 17.3 Å². The fourth-order valence-corrected chi connectivity index (χ4v) is 2.64. The van der Waals surface area contributed by atoms with Crippen LogP contribution < -0.4 is 10.5 Å². The smallest absolute Gasteiger partial charge is 0.241 e. The average molecular weight is 302 g/mol. The molecule has 1 aromatic heterocycles. The number of sulfonamides is 1. The highest BCUT2D eigenvalue weighted by Gasteiger charge is 2.16. The number of nitrogens with zero attached hydrogens (tertiary/aromatic N) is 3. The van der Waals surface area contributed by atoms with E-state index < -0.39 is 10.0 Å². The van der Waals surface area contributed by atoms with E-state index in [9.17, 15) is 8.42 Å². The first-order valence-electron chi connectivity index (χ1n) is 5.28. The zero-order chi connectivity index (χ0) is 14.0. The minimum atomic E-state index is -3.66. The average Bonchev–Trinajstić information content (AvgIpc) is 2.76. The molecule has 0 radical (unpaired) electrons. The van der Waals surface area contributed by atoms with Crippen molar-refractivity contribution in [3.8, 4) is 0 Å². The van der Waals surface area contributed by atoms with Crippen LogP contribution in [0.3, 0.4) is 0 Å². The highest BCUT2D eigenvalue weighted by molar-refractivity contribution is 7.89. The number of nitrogens with two attached hydrogens (primary N) is 1. The number of benzene rings is 1. The Morgan fingerprint density at radius 2 is 2.21 bits per heavy atom. The second-order valence-corrected chi connectivity index (χ2v) is 6.04. The fraction of sp³-hybridized carbons (Fsp3) is 0.200. The number of anilines is 1. The topological polar surface area (TPSA) is 103 Å². The summed E-state index contributed by atoms with van der Waals surface area (Å²) in [4.78, 5) is 0.0499. The Bertz CT molecular complexity index is 698. The summed E-state index contributed by atoms with van der Waals surface area (Å²) in [6.07, 6.45) is 1.49. The molecule has 7 nitrogen and oxygen atoms in total. The Kier molecular flexibility index (Phi) is 3.74. The first kappa shape index (κ1) is 13.8. The predicted molar refractivity (Wildman–Crippen MR) is 70.9 cm³/mol. The molecule has 0 aliphatic carbocycles. The second-order valence-electron chi connectivity index (χ2n) is 3.87. The molecule has 0 amide bonds. The zero-order valence-electron chi connectivity index (χ0n) is 10.0. The third-order valence-corrected chi connectivity index (χ3v) is 4.23. The van der Waals surface area contributed by atoms with E-state index in [0.29, 0.717) is 11.5 Å². The van der Waals surface area contributed by atoms with E-state index in [1.165, 1.54) is 24.5 Å². The Labute approximate surface area is 115 Å². The van der Waals surface area contributed by atoms with Crippen molar-refractivity contribution in [2.75, 3.05) is 5.73 Å². The molecule has 9 heteroatoms. The molecular weight excluding hydrogens is 290 g/mol. The lowest BCUT2D eigenvalue weighted by Crippen LogP contribution is -2.24. The van der Waals surface area contributed by atoms with Crippen molar-refractivity contribution in [1.29, 1.82) is 0 Å². The van der Waals surface area contributed by atoms with E-state index in [-0.39, 0.29) is 16.5 Å². The van der Waals surface area contributed by atoms with Gasteiger partial charge in [-0.2, -0.15) is 0 Å². The van der Waals surface area contributed by atoms with Crippen LogP contribution in [-0.4, -0.2) is 23.2 Å². The van der Waals surface area contributed by atoms with Crippen molar-refractivity contribution in [3.05, 3.63) is 35.4 Å². The van der Waals surface area contributed by atoms with Crippen LogP contribution in [-0.2, 0) is 23.6 Å². The maximum Gasteiger partial charge on any atom is 0.241 e. The highest BCUT2D eigenvalue weighted by Crippen LogP contribution is 2.22. The summed E-state index contributed by atoms with van der Waals surface area (Å²) in [5.74, 6) is 0.505. The van der Waals surface area contributed by atoms with Gasteiger partial charge in [-0.15, -0.1) is 10.2 Å². The summed E-state index contributed by atoms with van der Waals surface area (Å²) in [5, 5.41) is 7.64. The monoisotopic (exact) mass is 301 g/mol. The number of hydrogen-bond donors (Lipinski definition) is 2. The molecule has 0 bridgehead atoms. The Balaban J connectivity index is 2.18. The number of halogens is 1. The minimum Gasteiger partial charge on any atom is -0.398 e. The fourth-order valence-electron chi connectivity index (χ4n) is 1.39. The van der Waals surface area contributed by atoms with Gasteiger partial charge in [0, 0.05) is 7.05 Å². The highest BCUT2D eigenvalue weighted by atomic mass is 35.5. The van der Waals surface area contributed by atoms with Crippen LogP contribution in [0.1, 0.15) is 5.82 Å². The molecule has 3 N–H and O–H groups in total. The first-order chi connectivity index (χ1) is 8.90. The van der Waals surface area contributed by atoms with E-state index >= 15 is 0 Å². The molecule has 0 unspecified atom stereocenters. The number of rotatable bonds is 4. The normalized spacial score (nSPS) is 11.7. The van der Waals surface area contributed by atoms with Crippen molar-refractivity contribution >= 4 is 27.3 Å². The molecule has 2 rings (SSSR count). The van der Waals surface area contributed by atoms with Gasteiger partial charge >= 0.3 is 0 Å². The quantitative estimate of drug-likeness (QED) is 0.802. The van der Waals surface area contributed by atoms with E-state index in [1.807, 2.05) is 0 Å². The van der Waals surface area contributed by atoms with Gasteiger partial charge in [0.15, 0.2) is 0 Å². The Morgan fingerprint density at radius 1 is 1.47 bits per heavy atom. The third-order valence-electron chi connectivity index (χ3n) is 2.51. The summed E-state index contributed by atoms with van der Waals surface area (Å²) in [5.41, 5.74) is 5.86. The second kappa shape index (κ2) is 5.16. The molecule has 0 spiro atoms. The Morgan fingerprint density at radius 3 is 2.79 bits per heavy atom. The van der Waals surface area contributed by atoms with Crippen molar-refractivity contribution in [1.82, 2.24) is 19.5 Å². The van der Waals surface area contributed by atoms with Crippen LogP contribution in [0, 0.1) is 0 Å². The van der Waals surface area contributed by atoms with Crippen LogP contribution in [0.4, 0.5) is 5.69 Å². The molecule has 0 aliphatic heterocycles. The lowest BCUT2D eigenvalue weighted by atomic mass is 10.3. The SMILES string of the molecule is Cn1cnnc1CNS(=O)(=O)c1ccc(N)c(Cl)c1. The number of aromatic nitrogens is 3. The molecule has 0 atom stereocenters. The van der Waals surface area contributed by atoms with Crippen LogP contribution in [0.5, 0.6) is 0 Å². The molecule has 1 heterocycles. The van der Waals surface area contributed by atoms with Crippen LogP contribution in [0.15, 0.2) is 29.4 Å². The standard InChI is InChI=1S/C10H12ClN5O2S/c1-16-6-13-15-10(16)5-14-19(17,18)7-2-3-9(12)8(11)4-7/h2-4,6,14H,5,12H2,1H3. The molecule has 0 aliphatic rings. The summed E-state index contributed by atoms with van der Waals surface area (Å²) >= 11 is 5.80. The van der Waals surface area contributed by atoms with E-state index in [2.05, 4.69) is 14.9 Å². The van der Waals surface area contributed by atoms with Gasteiger partial charge in [0.2, 0.25) is 10.0 Å². The van der Waals surface area contributed by atoms with Gasteiger partial charge in [-0.1, -0.05) is 11.6 Å². The summed E-state index contributed by atoms with van der Waals surface area (Å²) in [7, 11) is -1.94. The number of nitrogen functional groups attached to an aromatic ring is 1. The van der Waals surface area contributed by atoms with Crippen LogP contribution in [0.25, 0.3) is 0 Å². The predicted octanol–water partition coefficient (Wildman–Crippen LogP) is 0.529. The maximum absolute atomic E-state index is 12.0. The van der Waals surface area contributed by atoms with E-state index in [0.717, 1.165) is 0 Å². The molecule has 19 heavy (non-hydrogen) atoms. The van der Waals surface area contributed by atoms with Gasteiger partial charge in [-0.05, 0) is 18.2 Å². The third kappa shape index (κ3) is 3.03. The molecule has 0 saturated carbocycles. The largest absolute Gasteiger partial charge is 0.398 e. The van der Waals surface area contributed by atoms with Gasteiger partial charge in [-0.3, -0.25) is 0 Å². The zero-order valence-corrected chi connectivity index (χ0v) is 11.6. The van der Waals surface area contributed by atoms with Crippen molar-refractivity contribution in [2.45, 2.75) is 11.4 Å². The molecule has 1 aromatic carbocycles. The molecule has 0 fully saturated rings. The minimum absolute atomic E-state index is 0.0425. The van der Waals surface area contributed by atoms with Crippen LogP contribution in [0.2, 0.25) is 5.02 Å². The molecular formula is C10H12ClN5O2S. The van der Waals surface area contributed by atoms with Crippen LogP contribution >= 0.6 is 11.6 Å². The summed E-state index contributed by atoms with van der Waals surface area (Å²) < 4.78 is 28.1. The first-order valence-corrected chi connectivity index (χ1v) is 7.14. The van der Waals surface area contributed by atoms with Gasteiger partial charge in [-0.25, -0.2) is 13.1 Å². The van der Waals surface area contributed by atoms with Gasteiger partial charge in [0.05, 0.1) is 22.2 Å². The van der Waals surface area contributed by atoms with Gasteiger partial charge in [0.25, 0.3) is 0 Å². The number of aryl methyl sites for hydroxylation is 1. The maximum atomic E-state index is 12.0. The summed E-state index contributed by atoms with van der Waals surface area (Å²) in [6, 6.07) is 4.13. The lowest BCUT2D eigenvalue weighted by Gasteiger charge is -2.07. The van der Waals surface area contributed by atoms with Crippen molar-refractivity contribution in [3.63, 3.8) is 0 Å². The Hall–Kier alpha value is -1.64. The van der Waals surface area contributed by atoms with Crippen molar-refractivity contribution < 1.29 is 8.42 Å². The number of hydrogen-bond acceptors (Lipinski definition) is 5. The van der Waals surface area contributed by atoms with Crippen molar-refractivity contribution in [2.24, 2.45) is 7.05 Å². The lowest BCUT2D eigenvalue weighted by molar-refractivity contribution is 0.577. The van der Waals surface area contributed by atoms with Gasteiger partial charge in [0.1, 0.15) is 12.2 Å². The molecule has 0 saturated heterocycles. The summed E-state index contributed by atoms with van der Waals surface area (Å²) in [6.45, 7) is 0.0425. The van der Waals surface area contributed by atoms with Gasteiger partial charge < -0.3 is 10.3 Å².